The van der Waals surface area contributed by atoms with Gasteiger partial charge in [-0.1, -0.05) is 13.0 Å². The lowest BCUT2D eigenvalue weighted by atomic mass is 10.0. The highest BCUT2D eigenvalue weighted by Crippen LogP contribution is 2.17. The number of amides is 2. The summed E-state index contributed by atoms with van der Waals surface area (Å²) in [5.74, 6) is -0.158. The first-order valence-electron chi connectivity index (χ1n) is 9.15. The molecule has 0 unspecified atom stereocenters. The number of hydrogen-bond acceptors (Lipinski definition) is 4. The summed E-state index contributed by atoms with van der Waals surface area (Å²) in [5, 5.41) is 2.84. The number of halogens is 1. The van der Waals surface area contributed by atoms with Crippen molar-refractivity contribution in [2.24, 2.45) is 5.73 Å². The highest BCUT2D eigenvalue weighted by molar-refractivity contribution is 5.99. The monoisotopic (exact) mass is 383 g/mol. The zero-order chi connectivity index (χ0) is 18.1. The zero-order valence-electron chi connectivity index (χ0n) is 15.4. The van der Waals surface area contributed by atoms with Gasteiger partial charge in [-0.2, -0.15) is 0 Å². The first kappa shape index (κ1) is 22.4. The van der Waals surface area contributed by atoms with Crippen LogP contribution in [0.5, 0.6) is 0 Å². The Morgan fingerprint density at radius 1 is 1.27 bits per heavy atom. The highest BCUT2D eigenvalue weighted by Gasteiger charge is 2.24. The molecule has 0 aromatic heterocycles. The lowest BCUT2D eigenvalue weighted by molar-refractivity contribution is 0.00844. The van der Waals surface area contributed by atoms with E-state index in [0.29, 0.717) is 43.9 Å². The predicted octanol–water partition coefficient (Wildman–Crippen LogP) is 2.22. The lowest BCUT2D eigenvalue weighted by Crippen LogP contribution is -2.41. The maximum atomic E-state index is 12.7. The van der Waals surface area contributed by atoms with E-state index in [9.17, 15) is 9.59 Å². The molecule has 2 amide bonds. The van der Waals surface area contributed by atoms with Crippen LogP contribution in [-0.4, -0.2) is 55.6 Å². The van der Waals surface area contributed by atoms with Crippen LogP contribution >= 0.6 is 12.4 Å². The van der Waals surface area contributed by atoms with E-state index in [1.807, 2.05) is 11.8 Å². The number of nitrogens with two attached hydrogens (primary N) is 1. The molecule has 0 spiro atoms. The minimum absolute atomic E-state index is 0. The largest absolute Gasteiger partial charge is 0.378 e. The predicted molar refractivity (Wildman–Crippen MR) is 105 cm³/mol. The molecule has 2 rings (SSSR count). The van der Waals surface area contributed by atoms with E-state index in [-0.39, 0.29) is 30.3 Å². The molecule has 1 aromatic rings. The van der Waals surface area contributed by atoms with Gasteiger partial charge in [-0.15, -0.1) is 12.4 Å². The van der Waals surface area contributed by atoms with E-state index < -0.39 is 0 Å². The Balaban J connectivity index is 0.00000338. The van der Waals surface area contributed by atoms with Gasteiger partial charge in [0.2, 0.25) is 0 Å². The molecule has 1 aliphatic rings. The van der Waals surface area contributed by atoms with Gasteiger partial charge in [0.25, 0.3) is 11.8 Å². The highest BCUT2D eigenvalue weighted by atomic mass is 35.5. The lowest BCUT2D eigenvalue weighted by Gasteiger charge is -2.32. The number of carbonyl (C=O) groups excluding carboxylic acids is 2. The quantitative estimate of drug-likeness (QED) is 0.674. The Bertz CT molecular complexity index is 575. The molecule has 1 fully saturated rings. The average molecular weight is 384 g/mol. The first-order chi connectivity index (χ1) is 12.2. The van der Waals surface area contributed by atoms with Gasteiger partial charge in [-0.05, 0) is 50.4 Å². The fourth-order valence-electron chi connectivity index (χ4n) is 2.88. The van der Waals surface area contributed by atoms with Crippen LogP contribution in [0.4, 0.5) is 0 Å². The van der Waals surface area contributed by atoms with Gasteiger partial charge in [0.15, 0.2) is 0 Å². The van der Waals surface area contributed by atoms with E-state index >= 15 is 0 Å². The van der Waals surface area contributed by atoms with Crippen LogP contribution in [0.1, 0.15) is 53.3 Å². The van der Waals surface area contributed by atoms with E-state index in [1.165, 1.54) is 0 Å². The molecule has 0 saturated carbocycles. The molecular weight excluding hydrogens is 354 g/mol. The molecule has 1 aliphatic heterocycles. The molecule has 6 nitrogen and oxygen atoms in total. The third-order valence-electron chi connectivity index (χ3n) is 4.34. The summed E-state index contributed by atoms with van der Waals surface area (Å²) in [7, 11) is 0. The number of rotatable bonds is 8. The molecule has 0 radical (unpaired) electrons. The van der Waals surface area contributed by atoms with Crippen LogP contribution < -0.4 is 11.1 Å². The Labute approximate surface area is 161 Å². The van der Waals surface area contributed by atoms with E-state index in [4.69, 9.17) is 10.5 Å². The van der Waals surface area contributed by atoms with Crippen molar-refractivity contribution in [2.75, 3.05) is 32.8 Å². The van der Waals surface area contributed by atoms with Gasteiger partial charge >= 0.3 is 0 Å². The molecule has 0 aliphatic carbocycles. The molecule has 1 heterocycles. The fraction of sp³-hybridized carbons (Fsp3) is 0.579. The fourth-order valence-corrected chi connectivity index (χ4v) is 2.88. The van der Waals surface area contributed by atoms with Crippen LogP contribution in [0.15, 0.2) is 24.3 Å². The molecule has 7 heteroatoms. The van der Waals surface area contributed by atoms with Crippen LogP contribution in [0.2, 0.25) is 0 Å². The number of carbonyl (C=O) groups is 2. The van der Waals surface area contributed by atoms with Gasteiger partial charge in [0.1, 0.15) is 0 Å². The number of hydrogen-bond donors (Lipinski definition) is 2. The van der Waals surface area contributed by atoms with E-state index in [0.717, 1.165) is 25.7 Å². The van der Waals surface area contributed by atoms with Crippen molar-refractivity contribution in [2.45, 2.75) is 38.7 Å². The van der Waals surface area contributed by atoms with Crippen LogP contribution in [-0.2, 0) is 4.74 Å². The molecule has 146 valence electrons. The number of likely N-dealkylation sites (tertiary alicyclic amines) is 1. The summed E-state index contributed by atoms with van der Waals surface area (Å²) < 4.78 is 5.77. The minimum Gasteiger partial charge on any atom is -0.378 e. The van der Waals surface area contributed by atoms with Crippen molar-refractivity contribution in [3.63, 3.8) is 0 Å². The summed E-state index contributed by atoms with van der Waals surface area (Å²) in [6.07, 6.45) is 3.64. The molecular formula is C19H30ClN3O3. The normalized spacial score (nSPS) is 14.6. The number of nitrogens with one attached hydrogen (secondary N) is 1. The average Bonchev–Trinajstić information content (AvgIpc) is 2.66. The maximum Gasteiger partial charge on any atom is 0.253 e. The molecule has 3 N–H and O–H groups in total. The smallest absolute Gasteiger partial charge is 0.253 e. The van der Waals surface area contributed by atoms with Gasteiger partial charge < -0.3 is 20.7 Å². The van der Waals surface area contributed by atoms with Crippen LogP contribution in [0.25, 0.3) is 0 Å². The molecule has 0 bridgehead atoms. The third kappa shape index (κ3) is 6.59. The van der Waals surface area contributed by atoms with Crippen LogP contribution in [0.3, 0.4) is 0 Å². The summed E-state index contributed by atoms with van der Waals surface area (Å²) >= 11 is 0. The van der Waals surface area contributed by atoms with Gasteiger partial charge in [0.05, 0.1) is 6.10 Å². The van der Waals surface area contributed by atoms with Crippen molar-refractivity contribution < 1.29 is 14.3 Å². The van der Waals surface area contributed by atoms with Crippen molar-refractivity contribution in [3.8, 4) is 0 Å². The van der Waals surface area contributed by atoms with Crippen molar-refractivity contribution in [1.29, 1.82) is 0 Å². The number of benzene rings is 1. The Morgan fingerprint density at radius 2 is 1.96 bits per heavy atom. The second-order valence-corrected chi connectivity index (χ2v) is 6.34. The van der Waals surface area contributed by atoms with Crippen molar-refractivity contribution in [3.05, 3.63) is 35.4 Å². The summed E-state index contributed by atoms with van der Waals surface area (Å²) in [6.45, 7) is 5.32. The summed E-state index contributed by atoms with van der Waals surface area (Å²) in [4.78, 5) is 26.6. The van der Waals surface area contributed by atoms with Crippen LogP contribution in [0, 0.1) is 0 Å². The summed E-state index contributed by atoms with van der Waals surface area (Å²) in [6, 6.07) is 6.94. The number of piperidine rings is 1. The van der Waals surface area contributed by atoms with E-state index in [1.54, 1.807) is 24.3 Å². The van der Waals surface area contributed by atoms with Gasteiger partial charge in [-0.3, -0.25) is 9.59 Å². The number of ether oxygens (including phenoxy) is 1. The standard InChI is InChI=1S/C19H29N3O3.ClH/c1-2-10-21-18(23)15-5-3-6-16(14-15)19(24)22-11-7-17(8-12-22)25-13-4-9-20;/h3,5-6,14,17H,2,4,7-13,20H2,1H3,(H,21,23);1H. The topological polar surface area (TPSA) is 84.7 Å². The molecule has 1 saturated heterocycles. The second-order valence-electron chi connectivity index (χ2n) is 6.34. The van der Waals surface area contributed by atoms with Crippen molar-refractivity contribution in [1.82, 2.24) is 10.2 Å². The Morgan fingerprint density at radius 3 is 2.62 bits per heavy atom. The molecule has 26 heavy (non-hydrogen) atoms. The van der Waals surface area contributed by atoms with Crippen molar-refractivity contribution >= 4 is 24.2 Å². The zero-order valence-corrected chi connectivity index (χ0v) is 16.2. The minimum atomic E-state index is -0.136. The Kier molecular flexibility index (Phi) is 10.2. The van der Waals surface area contributed by atoms with Gasteiger partial charge in [-0.25, -0.2) is 0 Å². The Hall–Kier alpha value is -1.63. The van der Waals surface area contributed by atoms with Gasteiger partial charge in [0, 0.05) is 37.4 Å². The molecule has 1 aromatic carbocycles. The first-order valence-corrected chi connectivity index (χ1v) is 9.15. The molecule has 0 atom stereocenters. The second kappa shape index (κ2) is 11.9. The number of nitrogens with zero attached hydrogens (tertiary/aromatic N) is 1. The summed E-state index contributed by atoms with van der Waals surface area (Å²) in [5.41, 5.74) is 6.56. The third-order valence-corrected chi connectivity index (χ3v) is 4.34. The van der Waals surface area contributed by atoms with E-state index in [2.05, 4.69) is 5.32 Å². The maximum absolute atomic E-state index is 12.7. The SMILES string of the molecule is CCCNC(=O)c1cccc(C(=O)N2CCC(OCCCN)CC2)c1.Cl.